The maximum Gasteiger partial charge on any atom is 0.0546 e. The van der Waals surface area contributed by atoms with E-state index in [0.717, 1.165) is 56.2 Å². The van der Waals surface area contributed by atoms with E-state index in [0.29, 0.717) is 0 Å². The van der Waals surface area contributed by atoms with Gasteiger partial charge in [-0.15, -0.1) is 0 Å². The lowest BCUT2D eigenvalue weighted by Crippen LogP contribution is -2.12. The molecule has 10 aromatic carbocycles. The summed E-state index contributed by atoms with van der Waals surface area (Å²) < 4.78 is 0. The number of nitrogens with one attached hydrogen (secondary N) is 2. The Morgan fingerprint density at radius 2 is 0.672 bits per heavy atom. The monoisotopic (exact) mass is 740 g/mol. The molecule has 0 saturated heterocycles. The van der Waals surface area contributed by atoms with Crippen molar-refractivity contribution in [2.45, 2.75) is 0 Å². The van der Waals surface area contributed by atoms with Crippen LogP contribution in [-0.2, 0) is 0 Å². The number of H-pyrrole nitrogens is 2. The molecule has 2 N–H and O–H groups in total. The first-order valence-electron chi connectivity index (χ1n) is 19.9. The lowest BCUT2D eigenvalue weighted by atomic mass is 9.93. The van der Waals surface area contributed by atoms with Crippen LogP contribution in [0.5, 0.6) is 0 Å². The summed E-state index contributed by atoms with van der Waals surface area (Å²) in [6.45, 7) is 0. The fourth-order valence-electron chi connectivity index (χ4n) is 9.28. The number of fused-ring (bicyclic) bond motifs is 11. The van der Waals surface area contributed by atoms with E-state index >= 15 is 0 Å². The van der Waals surface area contributed by atoms with Gasteiger partial charge >= 0.3 is 0 Å². The number of rotatable bonds is 6. The second-order valence-corrected chi connectivity index (χ2v) is 15.1. The van der Waals surface area contributed by atoms with Gasteiger partial charge in [0.05, 0.1) is 11.4 Å². The van der Waals surface area contributed by atoms with Gasteiger partial charge in [-0.05, 0) is 100 Å². The van der Waals surface area contributed by atoms with Gasteiger partial charge in [0.15, 0.2) is 0 Å². The number of hydrogen-bond donors (Lipinski definition) is 2. The topological polar surface area (TPSA) is 38.1 Å². The van der Waals surface area contributed by atoms with E-state index in [1.54, 1.807) is 0 Å². The summed E-state index contributed by atoms with van der Waals surface area (Å²) >= 11 is 0. The average molecular weight is 741 g/mol. The molecule has 58 heavy (non-hydrogen) atoms. The average Bonchev–Trinajstić information content (AvgIpc) is 3.85. The molecule has 12 aromatic rings. The zero-order valence-corrected chi connectivity index (χ0v) is 31.5. The summed E-state index contributed by atoms with van der Waals surface area (Å²) in [4.78, 5) is 12.2. The van der Waals surface area contributed by atoms with Crippen molar-refractivity contribution in [2.24, 2.45) is 0 Å². The van der Waals surface area contributed by atoms with Gasteiger partial charge in [0.2, 0.25) is 0 Å². The first kappa shape index (κ1) is 32.4. The lowest BCUT2D eigenvalue weighted by molar-refractivity contribution is 1.30. The van der Waals surface area contributed by atoms with E-state index in [-0.39, 0.29) is 0 Å². The van der Waals surface area contributed by atoms with Crippen molar-refractivity contribution in [3.63, 3.8) is 0 Å². The Labute approximate surface area is 334 Å². The Morgan fingerprint density at radius 1 is 0.259 bits per heavy atom. The maximum absolute atomic E-state index is 3.70. The second-order valence-electron chi connectivity index (χ2n) is 15.1. The molecular formula is C54H36N4. The number of para-hydroxylation sites is 4. The van der Waals surface area contributed by atoms with Crippen molar-refractivity contribution >= 4 is 110 Å². The predicted octanol–water partition coefficient (Wildman–Crippen LogP) is 15.4. The van der Waals surface area contributed by atoms with Gasteiger partial charge in [-0.25, -0.2) is 0 Å². The standard InChI is InChI=1S/C54H36N4/c1-3-15-36(16-4-1)57(38-28-30-50-47(33-38)41-20-12-14-26-49(41)55-50)52-31-35-32-53(44-22-8-10-24-46(44)54(35)45-23-9-7-21-43(45)52)58(37-17-5-2-6-18-37)39-27-29-42-40-19-11-13-25-48(40)56-51(42)34-39/h1-34,55-56H. The van der Waals surface area contributed by atoms with Gasteiger partial charge in [0, 0.05) is 77.1 Å². The van der Waals surface area contributed by atoms with E-state index in [4.69, 9.17) is 0 Å². The molecule has 0 aliphatic carbocycles. The van der Waals surface area contributed by atoms with E-state index in [1.807, 2.05) is 0 Å². The molecule has 0 aliphatic rings. The highest BCUT2D eigenvalue weighted by Crippen LogP contribution is 2.48. The minimum absolute atomic E-state index is 1.09. The first-order chi connectivity index (χ1) is 28.8. The normalized spacial score (nSPS) is 11.8. The van der Waals surface area contributed by atoms with Crippen molar-refractivity contribution in [1.29, 1.82) is 0 Å². The largest absolute Gasteiger partial charge is 0.355 e. The quantitative estimate of drug-likeness (QED) is 0.167. The van der Waals surface area contributed by atoms with Crippen LogP contribution < -0.4 is 9.80 Å². The summed E-state index contributed by atoms with van der Waals surface area (Å²) in [5, 5.41) is 12.1. The number of benzene rings is 10. The van der Waals surface area contributed by atoms with Crippen LogP contribution in [0.3, 0.4) is 0 Å². The van der Waals surface area contributed by atoms with Crippen molar-refractivity contribution in [1.82, 2.24) is 9.97 Å². The molecule has 4 heteroatoms. The van der Waals surface area contributed by atoms with Crippen LogP contribution in [0.4, 0.5) is 34.1 Å². The molecule has 0 spiro atoms. The minimum atomic E-state index is 1.09. The highest BCUT2D eigenvalue weighted by molar-refractivity contribution is 6.26. The molecule has 2 heterocycles. The number of nitrogens with zero attached hydrogens (tertiary/aromatic N) is 2. The van der Waals surface area contributed by atoms with Crippen molar-refractivity contribution in [2.75, 3.05) is 9.80 Å². The van der Waals surface area contributed by atoms with Gasteiger partial charge in [-0.1, -0.05) is 127 Å². The minimum Gasteiger partial charge on any atom is -0.355 e. The molecule has 0 unspecified atom stereocenters. The summed E-state index contributed by atoms with van der Waals surface area (Å²) in [6, 6.07) is 74.9. The molecule has 4 nitrogen and oxygen atoms in total. The fraction of sp³-hybridized carbons (Fsp3) is 0. The Morgan fingerprint density at radius 3 is 1.26 bits per heavy atom. The third kappa shape index (κ3) is 5.02. The van der Waals surface area contributed by atoms with Crippen LogP contribution in [0, 0.1) is 0 Å². The van der Waals surface area contributed by atoms with Crippen LogP contribution in [0.2, 0.25) is 0 Å². The number of hydrogen-bond acceptors (Lipinski definition) is 2. The predicted molar refractivity (Wildman–Crippen MR) is 247 cm³/mol. The highest BCUT2D eigenvalue weighted by Gasteiger charge is 2.23. The van der Waals surface area contributed by atoms with Crippen molar-refractivity contribution in [3.05, 3.63) is 206 Å². The molecule has 0 aliphatic heterocycles. The molecule has 272 valence electrons. The van der Waals surface area contributed by atoms with Crippen molar-refractivity contribution < 1.29 is 0 Å². The Bertz CT molecular complexity index is 3530. The van der Waals surface area contributed by atoms with Gasteiger partial charge in [-0.2, -0.15) is 0 Å². The molecule has 0 atom stereocenters. The second kappa shape index (κ2) is 12.9. The molecule has 0 radical (unpaired) electrons. The van der Waals surface area contributed by atoms with Crippen LogP contribution in [-0.4, -0.2) is 9.97 Å². The molecule has 0 fully saturated rings. The molecule has 12 rings (SSSR count). The van der Waals surface area contributed by atoms with Gasteiger partial charge < -0.3 is 19.8 Å². The van der Waals surface area contributed by atoms with E-state index in [1.165, 1.54) is 53.9 Å². The van der Waals surface area contributed by atoms with Crippen molar-refractivity contribution in [3.8, 4) is 0 Å². The summed E-state index contributed by atoms with van der Waals surface area (Å²) in [5.41, 5.74) is 11.2. The molecule has 0 bridgehead atoms. The molecular weight excluding hydrogens is 705 g/mol. The third-order valence-corrected chi connectivity index (χ3v) is 11.8. The Balaban J connectivity index is 1.15. The third-order valence-electron chi connectivity index (χ3n) is 11.8. The lowest BCUT2D eigenvalue weighted by Gasteiger charge is -2.30. The van der Waals surface area contributed by atoms with Gasteiger partial charge in [0.1, 0.15) is 0 Å². The Kier molecular flexibility index (Phi) is 7.20. The van der Waals surface area contributed by atoms with Crippen LogP contribution in [0.1, 0.15) is 0 Å². The van der Waals surface area contributed by atoms with Crippen LogP contribution in [0.25, 0.3) is 75.9 Å². The van der Waals surface area contributed by atoms with Crippen LogP contribution in [0.15, 0.2) is 206 Å². The Hall–Kier alpha value is -7.82. The van der Waals surface area contributed by atoms with E-state index < -0.39 is 0 Å². The van der Waals surface area contributed by atoms with Crippen LogP contribution >= 0.6 is 0 Å². The molecule has 2 aromatic heterocycles. The van der Waals surface area contributed by atoms with E-state index in [2.05, 4.69) is 226 Å². The number of anilines is 6. The first-order valence-corrected chi connectivity index (χ1v) is 19.9. The zero-order chi connectivity index (χ0) is 38.2. The van der Waals surface area contributed by atoms with Gasteiger partial charge in [0.25, 0.3) is 0 Å². The maximum atomic E-state index is 3.70. The van der Waals surface area contributed by atoms with Gasteiger partial charge in [-0.3, -0.25) is 0 Å². The zero-order valence-electron chi connectivity index (χ0n) is 31.5. The molecule has 0 amide bonds. The number of aromatic nitrogens is 2. The smallest absolute Gasteiger partial charge is 0.0546 e. The fourth-order valence-corrected chi connectivity index (χ4v) is 9.28. The SMILES string of the molecule is c1ccc(N(c2ccc3c(c2)[nH]c2ccccc23)c2cc3cc(N(c4ccccc4)c4ccc5[nH]c6ccccc6c5c4)c4ccccc4c3c3ccccc23)cc1. The van der Waals surface area contributed by atoms with E-state index in [9.17, 15) is 0 Å². The number of aromatic amines is 2. The molecule has 0 saturated carbocycles. The summed E-state index contributed by atoms with van der Waals surface area (Å²) in [6.07, 6.45) is 0. The summed E-state index contributed by atoms with van der Waals surface area (Å²) in [5.74, 6) is 0. The highest BCUT2D eigenvalue weighted by atomic mass is 15.2. The summed E-state index contributed by atoms with van der Waals surface area (Å²) in [7, 11) is 0.